The molecule has 17 heavy (non-hydrogen) atoms. The predicted molar refractivity (Wildman–Crippen MR) is 74.8 cm³/mol. The van der Waals surface area contributed by atoms with Gasteiger partial charge in [-0.25, -0.2) is 0 Å². The molecular formula is C15H23ClO. The first-order chi connectivity index (χ1) is 8.27. The van der Waals surface area contributed by atoms with Gasteiger partial charge in [0, 0.05) is 7.11 Å². The van der Waals surface area contributed by atoms with Crippen LogP contribution in [0.1, 0.15) is 49.1 Å². The summed E-state index contributed by atoms with van der Waals surface area (Å²) in [6.07, 6.45) is 5.79. The van der Waals surface area contributed by atoms with Gasteiger partial charge in [-0.3, -0.25) is 0 Å². The van der Waals surface area contributed by atoms with Crippen LogP contribution in [0.4, 0.5) is 0 Å². The number of benzene rings is 1. The summed E-state index contributed by atoms with van der Waals surface area (Å²) in [7, 11) is 1.73. The number of alkyl halides is 1. The lowest BCUT2D eigenvalue weighted by Crippen LogP contribution is -1.96. The van der Waals surface area contributed by atoms with Crippen LogP contribution in [0.3, 0.4) is 0 Å². The quantitative estimate of drug-likeness (QED) is 0.481. The van der Waals surface area contributed by atoms with Crippen LogP contribution in [0, 0.1) is 0 Å². The Morgan fingerprint density at radius 2 is 1.88 bits per heavy atom. The number of methoxy groups -OCH3 is 1. The van der Waals surface area contributed by atoms with Crippen LogP contribution in [0.15, 0.2) is 24.3 Å². The molecule has 1 atom stereocenters. The summed E-state index contributed by atoms with van der Waals surface area (Å²) in [5, 5.41) is 0.165. The van der Waals surface area contributed by atoms with Gasteiger partial charge in [0.25, 0.3) is 0 Å². The first kappa shape index (κ1) is 14.5. The molecular weight excluding hydrogens is 232 g/mol. The van der Waals surface area contributed by atoms with Crippen LogP contribution < -0.4 is 0 Å². The second-order valence-electron chi connectivity index (χ2n) is 4.45. The Balaban J connectivity index is 2.43. The van der Waals surface area contributed by atoms with Gasteiger partial charge < -0.3 is 4.74 Å². The second kappa shape index (κ2) is 8.54. The highest BCUT2D eigenvalue weighted by Gasteiger charge is 2.07. The maximum absolute atomic E-state index is 6.37. The lowest BCUT2D eigenvalue weighted by atomic mass is 10.0. The molecule has 0 N–H and O–H groups in total. The van der Waals surface area contributed by atoms with E-state index < -0.39 is 0 Å². The average molecular weight is 255 g/mol. The van der Waals surface area contributed by atoms with Gasteiger partial charge in [0.2, 0.25) is 0 Å². The topological polar surface area (TPSA) is 9.23 Å². The third kappa shape index (κ3) is 5.56. The molecule has 0 aliphatic rings. The molecule has 96 valence electrons. The number of hydrogen-bond acceptors (Lipinski definition) is 1. The molecule has 0 aromatic heterocycles. The Hall–Kier alpha value is -0.530. The van der Waals surface area contributed by atoms with E-state index in [1.807, 2.05) is 0 Å². The summed E-state index contributed by atoms with van der Waals surface area (Å²) in [6, 6.07) is 8.61. The predicted octanol–water partition coefficient (Wildman–Crippen LogP) is 4.74. The second-order valence-corrected chi connectivity index (χ2v) is 4.97. The summed E-state index contributed by atoms with van der Waals surface area (Å²) in [5.41, 5.74) is 2.55. The van der Waals surface area contributed by atoms with Crippen molar-refractivity contribution in [2.24, 2.45) is 0 Å². The zero-order valence-electron chi connectivity index (χ0n) is 10.9. The SMILES string of the molecule is CCCCCC(Cl)c1ccc(CCOC)cc1. The minimum absolute atomic E-state index is 0.165. The Morgan fingerprint density at radius 1 is 1.18 bits per heavy atom. The fourth-order valence-corrected chi connectivity index (χ4v) is 2.15. The maximum atomic E-state index is 6.37. The van der Waals surface area contributed by atoms with Crippen LogP contribution in [0.5, 0.6) is 0 Å². The standard InChI is InChI=1S/C15H23ClO/c1-3-4-5-6-15(16)14-9-7-13(8-10-14)11-12-17-2/h7-10,15H,3-6,11-12H2,1-2H3. The molecule has 0 bridgehead atoms. The third-order valence-corrected chi connectivity index (χ3v) is 3.47. The first-order valence-electron chi connectivity index (χ1n) is 6.49. The first-order valence-corrected chi connectivity index (χ1v) is 6.93. The van der Waals surface area contributed by atoms with Crippen LogP contribution in [-0.4, -0.2) is 13.7 Å². The molecule has 0 heterocycles. The number of unbranched alkanes of at least 4 members (excludes halogenated alkanes) is 2. The van der Waals surface area contributed by atoms with E-state index in [1.54, 1.807) is 7.11 Å². The summed E-state index contributed by atoms with van der Waals surface area (Å²) in [4.78, 5) is 0. The largest absolute Gasteiger partial charge is 0.384 e. The van der Waals surface area contributed by atoms with Crippen molar-refractivity contribution in [2.45, 2.75) is 44.4 Å². The van der Waals surface area contributed by atoms with E-state index in [9.17, 15) is 0 Å². The van der Waals surface area contributed by atoms with E-state index in [-0.39, 0.29) is 5.38 Å². The van der Waals surface area contributed by atoms with Gasteiger partial charge in [0.15, 0.2) is 0 Å². The Morgan fingerprint density at radius 3 is 2.47 bits per heavy atom. The third-order valence-electron chi connectivity index (χ3n) is 3.00. The fraction of sp³-hybridized carbons (Fsp3) is 0.600. The molecule has 1 unspecified atom stereocenters. The average Bonchev–Trinajstić information content (AvgIpc) is 2.37. The van der Waals surface area contributed by atoms with Gasteiger partial charge in [-0.05, 0) is 24.0 Å². The van der Waals surface area contributed by atoms with Crippen molar-refractivity contribution in [3.8, 4) is 0 Å². The normalized spacial score (nSPS) is 12.6. The molecule has 0 spiro atoms. The van der Waals surface area contributed by atoms with Crippen LogP contribution in [-0.2, 0) is 11.2 Å². The molecule has 0 amide bonds. The van der Waals surface area contributed by atoms with Gasteiger partial charge in [-0.1, -0.05) is 50.5 Å². The monoisotopic (exact) mass is 254 g/mol. The van der Waals surface area contributed by atoms with Crippen molar-refractivity contribution in [2.75, 3.05) is 13.7 Å². The molecule has 0 fully saturated rings. The lowest BCUT2D eigenvalue weighted by molar-refractivity contribution is 0.202. The molecule has 1 aromatic carbocycles. The van der Waals surface area contributed by atoms with Crippen LogP contribution >= 0.6 is 11.6 Å². The van der Waals surface area contributed by atoms with E-state index in [2.05, 4.69) is 31.2 Å². The van der Waals surface area contributed by atoms with Gasteiger partial charge in [-0.15, -0.1) is 11.6 Å². The van der Waals surface area contributed by atoms with E-state index in [0.29, 0.717) is 0 Å². The van der Waals surface area contributed by atoms with Gasteiger partial charge in [0.1, 0.15) is 0 Å². The lowest BCUT2D eigenvalue weighted by Gasteiger charge is -2.10. The minimum Gasteiger partial charge on any atom is -0.384 e. The van der Waals surface area contributed by atoms with E-state index in [4.69, 9.17) is 16.3 Å². The molecule has 0 aliphatic carbocycles. The van der Waals surface area contributed by atoms with Gasteiger partial charge in [0.05, 0.1) is 12.0 Å². The van der Waals surface area contributed by atoms with Crippen LogP contribution in [0.2, 0.25) is 0 Å². The molecule has 2 heteroatoms. The Bertz CT molecular complexity index is 294. The zero-order valence-corrected chi connectivity index (χ0v) is 11.7. The molecule has 0 aliphatic heterocycles. The molecule has 1 rings (SSSR count). The van der Waals surface area contributed by atoms with Crippen molar-refractivity contribution in [1.29, 1.82) is 0 Å². The Kier molecular flexibility index (Phi) is 7.30. The van der Waals surface area contributed by atoms with Crippen molar-refractivity contribution in [3.63, 3.8) is 0 Å². The Labute approximate surface area is 110 Å². The van der Waals surface area contributed by atoms with Crippen molar-refractivity contribution in [1.82, 2.24) is 0 Å². The smallest absolute Gasteiger partial charge is 0.0585 e. The van der Waals surface area contributed by atoms with Gasteiger partial charge >= 0.3 is 0 Å². The number of rotatable bonds is 8. The summed E-state index contributed by atoms with van der Waals surface area (Å²) >= 11 is 6.37. The van der Waals surface area contributed by atoms with E-state index in [1.165, 1.54) is 30.4 Å². The molecule has 0 saturated carbocycles. The number of hydrogen-bond donors (Lipinski definition) is 0. The van der Waals surface area contributed by atoms with E-state index in [0.717, 1.165) is 19.4 Å². The van der Waals surface area contributed by atoms with Gasteiger partial charge in [-0.2, -0.15) is 0 Å². The number of halogens is 1. The summed E-state index contributed by atoms with van der Waals surface area (Å²) in [6.45, 7) is 2.99. The van der Waals surface area contributed by atoms with Crippen molar-refractivity contribution < 1.29 is 4.74 Å². The fourth-order valence-electron chi connectivity index (χ4n) is 1.85. The highest BCUT2D eigenvalue weighted by atomic mass is 35.5. The van der Waals surface area contributed by atoms with Crippen molar-refractivity contribution >= 4 is 11.6 Å². The van der Waals surface area contributed by atoms with Crippen molar-refractivity contribution in [3.05, 3.63) is 35.4 Å². The number of ether oxygens (including phenoxy) is 1. The zero-order chi connectivity index (χ0) is 12.5. The van der Waals surface area contributed by atoms with E-state index >= 15 is 0 Å². The van der Waals surface area contributed by atoms with Crippen LogP contribution in [0.25, 0.3) is 0 Å². The highest BCUT2D eigenvalue weighted by molar-refractivity contribution is 6.20. The molecule has 1 aromatic rings. The maximum Gasteiger partial charge on any atom is 0.0585 e. The molecule has 1 nitrogen and oxygen atoms in total. The summed E-state index contributed by atoms with van der Waals surface area (Å²) < 4.78 is 5.06. The minimum atomic E-state index is 0.165. The molecule has 0 radical (unpaired) electrons. The highest BCUT2D eigenvalue weighted by Crippen LogP contribution is 2.26. The summed E-state index contributed by atoms with van der Waals surface area (Å²) in [5.74, 6) is 0. The molecule has 0 saturated heterocycles.